The van der Waals surface area contributed by atoms with Gasteiger partial charge in [0.25, 0.3) is 0 Å². The van der Waals surface area contributed by atoms with E-state index in [2.05, 4.69) is 35.2 Å². The van der Waals surface area contributed by atoms with E-state index in [0.717, 1.165) is 41.6 Å². The third kappa shape index (κ3) is 4.47. The van der Waals surface area contributed by atoms with Gasteiger partial charge in [0.05, 0.1) is 11.9 Å². The highest BCUT2D eigenvalue weighted by Gasteiger charge is 2.23. The fourth-order valence-corrected chi connectivity index (χ4v) is 4.59. The molecule has 1 aromatic carbocycles. The number of hydrogen-bond acceptors (Lipinski definition) is 4. The van der Waals surface area contributed by atoms with E-state index in [1.165, 1.54) is 37.8 Å². The lowest BCUT2D eigenvalue weighted by molar-refractivity contribution is -0.121. The van der Waals surface area contributed by atoms with Crippen LogP contribution in [0.2, 0.25) is 0 Å². The molecule has 2 aliphatic rings. The number of carbonyl (C=O) groups is 1. The normalized spacial score (nSPS) is 18.6. The Morgan fingerprint density at radius 3 is 3.10 bits per heavy atom. The highest BCUT2D eigenvalue weighted by molar-refractivity contribution is 5.78. The van der Waals surface area contributed by atoms with Crippen molar-refractivity contribution in [3.63, 3.8) is 0 Å². The van der Waals surface area contributed by atoms with Gasteiger partial charge >= 0.3 is 0 Å². The summed E-state index contributed by atoms with van der Waals surface area (Å²) in [6.07, 6.45) is 8.01. The van der Waals surface area contributed by atoms with Crippen LogP contribution in [-0.4, -0.2) is 46.3 Å². The van der Waals surface area contributed by atoms with Gasteiger partial charge in [-0.2, -0.15) is 5.10 Å². The molecule has 2 aliphatic heterocycles. The first-order chi connectivity index (χ1) is 14.2. The number of benzene rings is 1. The summed E-state index contributed by atoms with van der Waals surface area (Å²) in [6.45, 7) is 8.07. The van der Waals surface area contributed by atoms with Gasteiger partial charge in [0.1, 0.15) is 18.9 Å². The van der Waals surface area contributed by atoms with Crippen molar-refractivity contribution in [2.24, 2.45) is 0 Å². The molecule has 1 fully saturated rings. The topological polar surface area (TPSA) is 59.4 Å². The number of nitrogens with one attached hydrogen (secondary N) is 1. The predicted molar refractivity (Wildman–Crippen MR) is 114 cm³/mol. The maximum absolute atomic E-state index is 12.5. The largest absolute Gasteiger partial charge is 0.488 e. The van der Waals surface area contributed by atoms with E-state index in [1.807, 2.05) is 23.0 Å². The molecule has 1 N–H and O–H groups in total. The molecule has 0 spiro atoms. The summed E-state index contributed by atoms with van der Waals surface area (Å²) in [5, 5.41) is 7.53. The first kappa shape index (κ1) is 20.0. The number of rotatable bonds is 7. The van der Waals surface area contributed by atoms with Crippen molar-refractivity contribution in [2.75, 3.05) is 19.6 Å². The number of aromatic nitrogens is 2. The highest BCUT2D eigenvalue weighted by Crippen LogP contribution is 2.37. The molecule has 1 amide bonds. The molecule has 0 saturated carbocycles. The van der Waals surface area contributed by atoms with Gasteiger partial charge in [-0.25, -0.2) is 0 Å². The summed E-state index contributed by atoms with van der Waals surface area (Å²) in [7, 11) is 0. The van der Waals surface area contributed by atoms with Crippen molar-refractivity contribution >= 4 is 5.91 Å². The van der Waals surface area contributed by atoms with Crippen LogP contribution in [0.3, 0.4) is 0 Å². The molecule has 6 heteroatoms. The number of carbonyl (C=O) groups excluding carboxylic acids is 1. The average Bonchev–Trinajstić information content (AvgIpc) is 3.14. The molecule has 0 radical (unpaired) electrons. The Labute approximate surface area is 173 Å². The van der Waals surface area contributed by atoms with Gasteiger partial charge in [0, 0.05) is 30.3 Å². The lowest BCUT2D eigenvalue weighted by atomic mass is 10.00. The lowest BCUT2D eigenvalue weighted by Gasteiger charge is -2.35. The third-order valence-electron chi connectivity index (χ3n) is 6.15. The van der Waals surface area contributed by atoms with E-state index >= 15 is 0 Å². The summed E-state index contributed by atoms with van der Waals surface area (Å²) in [5.41, 5.74) is 4.23. The summed E-state index contributed by atoms with van der Waals surface area (Å²) in [5.74, 6) is 0.875. The van der Waals surface area contributed by atoms with Crippen LogP contribution >= 0.6 is 0 Å². The number of piperidine rings is 1. The maximum atomic E-state index is 12.5. The Bertz CT molecular complexity index is 861. The zero-order valence-electron chi connectivity index (χ0n) is 17.6. The molecule has 1 saturated heterocycles. The molecule has 29 heavy (non-hydrogen) atoms. The fourth-order valence-electron chi connectivity index (χ4n) is 4.59. The van der Waals surface area contributed by atoms with Crippen molar-refractivity contribution in [1.29, 1.82) is 0 Å². The van der Waals surface area contributed by atoms with E-state index in [4.69, 9.17) is 4.74 Å². The molecule has 156 valence electrons. The summed E-state index contributed by atoms with van der Waals surface area (Å²) in [6, 6.07) is 6.87. The van der Waals surface area contributed by atoms with Crippen LogP contribution in [-0.2, 0) is 17.9 Å². The van der Waals surface area contributed by atoms with Crippen LogP contribution in [0.4, 0.5) is 0 Å². The molecule has 1 atom stereocenters. The summed E-state index contributed by atoms with van der Waals surface area (Å²) >= 11 is 0. The zero-order valence-corrected chi connectivity index (χ0v) is 17.6. The Morgan fingerprint density at radius 1 is 1.34 bits per heavy atom. The second kappa shape index (κ2) is 8.99. The second-order valence-electron chi connectivity index (χ2n) is 8.26. The number of likely N-dealkylation sites (tertiary alicyclic amines) is 1. The van der Waals surface area contributed by atoms with Gasteiger partial charge in [-0.05, 0) is 51.3 Å². The Morgan fingerprint density at radius 2 is 2.24 bits per heavy atom. The van der Waals surface area contributed by atoms with E-state index < -0.39 is 0 Å². The molecular weight excluding hydrogens is 364 g/mol. The molecule has 0 aliphatic carbocycles. The number of ether oxygens (including phenoxy) is 1. The summed E-state index contributed by atoms with van der Waals surface area (Å²) in [4.78, 5) is 15.1. The average molecular weight is 397 g/mol. The Balaban J connectivity index is 1.32. The van der Waals surface area contributed by atoms with E-state index in [9.17, 15) is 4.79 Å². The Hall–Kier alpha value is -2.34. The zero-order chi connectivity index (χ0) is 20.2. The molecule has 1 aromatic heterocycles. The first-order valence-corrected chi connectivity index (χ1v) is 10.9. The minimum atomic E-state index is 0.0160. The molecular formula is C23H32N4O2. The molecule has 6 nitrogen and oxygen atoms in total. The second-order valence-corrected chi connectivity index (χ2v) is 8.26. The lowest BCUT2D eigenvalue weighted by Crippen LogP contribution is -2.40. The molecule has 4 rings (SSSR count). The summed E-state index contributed by atoms with van der Waals surface area (Å²) < 4.78 is 7.63. The third-order valence-corrected chi connectivity index (χ3v) is 6.15. The van der Waals surface area contributed by atoms with Gasteiger partial charge in [0.15, 0.2) is 0 Å². The van der Waals surface area contributed by atoms with Crippen molar-refractivity contribution in [2.45, 2.75) is 65.1 Å². The maximum Gasteiger partial charge on any atom is 0.241 e. The number of amides is 1. The standard InChI is InChI=1S/C23H32N4O2/c1-3-19-7-4-5-11-26(19)12-6-10-24-22(28)15-27-23-18(14-25-27)16-29-21-9-8-17(2)13-20(21)23/h8-9,13-14,19H,3-7,10-12,15-16H2,1-2H3,(H,24,28)/t19-/m0/s1. The first-order valence-electron chi connectivity index (χ1n) is 10.9. The minimum Gasteiger partial charge on any atom is -0.488 e. The van der Waals surface area contributed by atoms with Gasteiger partial charge in [-0.15, -0.1) is 0 Å². The van der Waals surface area contributed by atoms with Crippen LogP contribution < -0.4 is 10.1 Å². The number of fused-ring (bicyclic) bond motifs is 3. The van der Waals surface area contributed by atoms with E-state index in [1.54, 1.807) is 0 Å². The molecule has 0 bridgehead atoms. The Kier molecular flexibility index (Phi) is 6.19. The molecule has 0 unspecified atom stereocenters. The SMILES string of the molecule is CC[C@H]1CCCCN1CCCNC(=O)Cn1ncc2c1-c1cc(C)ccc1OC2. The van der Waals surface area contributed by atoms with Crippen LogP contribution in [0.5, 0.6) is 5.75 Å². The van der Waals surface area contributed by atoms with Crippen molar-refractivity contribution in [3.05, 3.63) is 35.5 Å². The number of hydrogen-bond donors (Lipinski definition) is 1. The quantitative estimate of drug-likeness (QED) is 0.728. The van der Waals surface area contributed by atoms with E-state index in [-0.39, 0.29) is 12.5 Å². The van der Waals surface area contributed by atoms with Crippen LogP contribution in [0.25, 0.3) is 11.3 Å². The van der Waals surface area contributed by atoms with E-state index in [0.29, 0.717) is 13.2 Å². The number of nitrogens with zero attached hydrogens (tertiary/aromatic N) is 3. The van der Waals surface area contributed by atoms with Gasteiger partial charge in [0.2, 0.25) is 5.91 Å². The van der Waals surface area contributed by atoms with Gasteiger partial charge < -0.3 is 15.0 Å². The van der Waals surface area contributed by atoms with Gasteiger partial charge in [-0.3, -0.25) is 9.48 Å². The van der Waals surface area contributed by atoms with Gasteiger partial charge in [-0.1, -0.05) is 25.0 Å². The van der Waals surface area contributed by atoms with Crippen molar-refractivity contribution in [1.82, 2.24) is 20.0 Å². The molecule has 3 heterocycles. The fraction of sp³-hybridized carbons (Fsp3) is 0.565. The van der Waals surface area contributed by atoms with Crippen molar-refractivity contribution in [3.8, 4) is 17.0 Å². The van der Waals surface area contributed by atoms with Crippen LogP contribution in [0.1, 0.15) is 50.2 Å². The smallest absolute Gasteiger partial charge is 0.241 e. The number of aryl methyl sites for hydroxylation is 1. The van der Waals surface area contributed by atoms with Crippen LogP contribution in [0, 0.1) is 6.92 Å². The highest BCUT2D eigenvalue weighted by atomic mass is 16.5. The monoisotopic (exact) mass is 396 g/mol. The van der Waals surface area contributed by atoms with Crippen LogP contribution in [0.15, 0.2) is 24.4 Å². The minimum absolute atomic E-state index is 0.0160. The van der Waals surface area contributed by atoms with Crippen molar-refractivity contribution < 1.29 is 9.53 Å². The molecule has 2 aromatic rings. The predicted octanol–water partition coefficient (Wildman–Crippen LogP) is 3.52.